The van der Waals surface area contributed by atoms with Crippen molar-refractivity contribution in [3.63, 3.8) is 0 Å². The van der Waals surface area contributed by atoms with Gasteiger partial charge in [-0.15, -0.1) is 0 Å². The third-order valence-electron chi connectivity index (χ3n) is 3.92. The number of hydrogen-bond acceptors (Lipinski definition) is 6. The van der Waals surface area contributed by atoms with Crippen molar-refractivity contribution in [3.8, 4) is 22.8 Å². The molecule has 1 atom stereocenters. The highest BCUT2D eigenvalue weighted by Crippen LogP contribution is 2.26. The second-order valence-electron chi connectivity index (χ2n) is 5.88. The molecule has 2 aromatic carbocycles. The van der Waals surface area contributed by atoms with E-state index < -0.39 is 12.0 Å². The topological polar surface area (TPSA) is 86.5 Å². The molecule has 146 valence electrons. The summed E-state index contributed by atoms with van der Waals surface area (Å²) in [5.74, 6) is 0.531. The first-order chi connectivity index (χ1) is 13.6. The van der Waals surface area contributed by atoms with Crippen molar-refractivity contribution >= 4 is 11.7 Å². The van der Waals surface area contributed by atoms with Gasteiger partial charge < -0.3 is 14.8 Å². The molecule has 0 unspecified atom stereocenters. The number of halogens is 1. The molecule has 0 saturated heterocycles. The number of rotatable bonds is 8. The zero-order chi connectivity index (χ0) is 19.9. The summed E-state index contributed by atoms with van der Waals surface area (Å²) in [6.07, 6.45) is -0.372. The maximum atomic E-state index is 13.0. The number of nitrogens with one attached hydrogen (secondary N) is 1. The number of aromatic nitrogens is 2. The highest BCUT2D eigenvalue weighted by molar-refractivity contribution is 5.96. The second kappa shape index (κ2) is 8.98. The normalized spacial score (nSPS) is 11.7. The molecule has 0 aliphatic carbocycles. The van der Waals surface area contributed by atoms with Crippen LogP contribution in [0.15, 0.2) is 53.2 Å². The van der Waals surface area contributed by atoms with E-state index in [0.717, 1.165) is 5.75 Å². The summed E-state index contributed by atoms with van der Waals surface area (Å²) in [7, 11) is 0. The van der Waals surface area contributed by atoms with Crippen LogP contribution in [0.1, 0.15) is 20.3 Å². The summed E-state index contributed by atoms with van der Waals surface area (Å²) in [5.41, 5.74) is 1.11. The van der Waals surface area contributed by atoms with Crippen molar-refractivity contribution in [2.24, 2.45) is 0 Å². The Kier molecular flexibility index (Phi) is 6.21. The molecule has 8 heteroatoms. The Hall–Kier alpha value is -3.42. The van der Waals surface area contributed by atoms with E-state index in [1.54, 1.807) is 24.3 Å². The molecule has 3 aromatic rings. The van der Waals surface area contributed by atoms with Gasteiger partial charge >= 0.3 is 0 Å². The molecule has 0 aliphatic heterocycles. The summed E-state index contributed by atoms with van der Waals surface area (Å²) < 4.78 is 28.9. The van der Waals surface area contributed by atoms with Crippen molar-refractivity contribution in [3.05, 3.63) is 54.3 Å². The average Bonchev–Trinajstić information content (AvgIpc) is 3.16. The fourth-order valence-electron chi connectivity index (χ4n) is 2.53. The summed E-state index contributed by atoms with van der Waals surface area (Å²) >= 11 is 0. The number of benzene rings is 2. The van der Waals surface area contributed by atoms with Crippen molar-refractivity contribution in [1.82, 2.24) is 10.3 Å². The Labute approximate surface area is 161 Å². The van der Waals surface area contributed by atoms with Crippen LogP contribution in [0.4, 0.5) is 10.2 Å². The molecule has 3 rings (SSSR count). The van der Waals surface area contributed by atoms with Gasteiger partial charge in [-0.25, -0.2) is 9.02 Å². The maximum Gasteiger partial charge on any atom is 0.266 e. The van der Waals surface area contributed by atoms with Gasteiger partial charge in [-0.1, -0.05) is 6.92 Å². The van der Waals surface area contributed by atoms with Gasteiger partial charge in [-0.2, -0.15) is 0 Å². The van der Waals surface area contributed by atoms with E-state index in [4.69, 9.17) is 14.1 Å². The summed E-state index contributed by atoms with van der Waals surface area (Å²) in [6, 6.07) is 12.7. The summed E-state index contributed by atoms with van der Waals surface area (Å²) in [4.78, 5) is 12.6. The lowest BCUT2D eigenvalue weighted by molar-refractivity contribution is -0.122. The summed E-state index contributed by atoms with van der Waals surface area (Å²) in [6.45, 7) is 4.28. The smallest absolute Gasteiger partial charge is 0.266 e. The Morgan fingerprint density at radius 3 is 2.39 bits per heavy atom. The van der Waals surface area contributed by atoms with Crippen molar-refractivity contribution in [1.29, 1.82) is 0 Å². The molecule has 1 heterocycles. The van der Waals surface area contributed by atoms with E-state index in [2.05, 4.69) is 15.6 Å². The minimum Gasteiger partial charge on any atom is -0.494 e. The molecule has 28 heavy (non-hydrogen) atoms. The Morgan fingerprint density at radius 1 is 1.07 bits per heavy atom. The number of carbonyl (C=O) groups excluding carboxylic acids is 1. The van der Waals surface area contributed by atoms with Gasteiger partial charge in [0, 0.05) is 5.56 Å². The predicted octanol–water partition coefficient (Wildman–Crippen LogP) is 4.07. The fraction of sp³-hybridized carbons (Fsp3) is 0.250. The van der Waals surface area contributed by atoms with Crippen LogP contribution in [0, 0.1) is 5.82 Å². The first kappa shape index (κ1) is 19.3. The summed E-state index contributed by atoms with van der Waals surface area (Å²) in [5, 5.41) is 10.3. The number of hydrogen-bond donors (Lipinski definition) is 1. The maximum absolute atomic E-state index is 13.0. The number of anilines is 1. The molecule has 1 aromatic heterocycles. The van der Waals surface area contributed by atoms with Gasteiger partial charge in [0.2, 0.25) is 5.82 Å². The largest absolute Gasteiger partial charge is 0.494 e. The van der Waals surface area contributed by atoms with Crippen molar-refractivity contribution in [2.75, 3.05) is 11.9 Å². The van der Waals surface area contributed by atoms with Gasteiger partial charge in [0.15, 0.2) is 11.8 Å². The Morgan fingerprint density at radius 2 is 1.75 bits per heavy atom. The van der Waals surface area contributed by atoms with E-state index >= 15 is 0 Å². The lowest BCUT2D eigenvalue weighted by Crippen LogP contribution is -2.32. The minimum absolute atomic E-state index is 0.190. The number of nitrogens with zero attached hydrogens (tertiary/aromatic N) is 2. The molecule has 1 amide bonds. The van der Waals surface area contributed by atoms with Crippen LogP contribution < -0.4 is 14.8 Å². The highest BCUT2D eigenvalue weighted by Gasteiger charge is 2.22. The third-order valence-corrected chi connectivity index (χ3v) is 3.92. The molecule has 0 bridgehead atoms. The average molecular weight is 385 g/mol. The van der Waals surface area contributed by atoms with Crippen LogP contribution in [0.25, 0.3) is 11.3 Å². The van der Waals surface area contributed by atoms with Crippen molar-refractivity contribution < 1.29 is 23.3 Å². The molecule has 0 saturated carbocycles. The number of amides is 1. The molecule has 0 spiro atoms. The minimum atomic E-state index is -0.782. The van der Waals surface area contributed by atoms with E-state index in [1.165, 1.54) is 24.3 Å². The molecule has 1 N–H and O–H groups in total. The first-order valence-corrected chi connectivity index (χ1v) is 8.89. The van der Waals surface area contributed by atoms with E-state index in [1.807, 2.05) is 13.8 Å². The standard InChI is InChI=1S/C20H20FN3O4/c1-3-17(27-16-11-7-14(21)8-12-16)20(25)22-19-18(23-28-24-19)13-5-9-15(10-6-13)26-4-2/h5-12,17H,3-4H2,1-2H3,(H,22,24,25)/t17-/m0/s1. The highest BCUT2D eigenvalue weighted by atomic mass is 19.1. The van der Waals surface area contributed by atoms with Crippen LogP contribution in [-0.2, 0) is 4.79 Å². The fourth-order valence-corrected chi connectivity index (χ4v) is 2.53. The first-order valence-electron chi connectivity index (χ1n) is 8.89. The van der Waals surface area contributed by atoms with Crippen LogP contribution in [0.3, 0.4) is 0 Å². The molecular weight excluding hydrogens is 365 g/mol. The molecule has 0 radical (unpaired) electrons. The van der Waals surface area contributed by atoms with Crippen LogP contribution in [-0.4, -0.2) is 28.9 Å². The zero-order valence-corrected chi connectivity index (χ0v) is 15.5. The van der Waals surface area contributed by atoms with Gasteiger partial charge in [0.25, 0.3) is 5.91 Å². The molecule has 7 nitrogen and oxygen atoms in total. The van der Waals surface area contributed by atoms with Crippen LogP contribution in [0.2, 0.25) is 0 Å². The van der Waals surface area contributed by atoms with E-state index in [-0.39, 0.29) is 11.6 Å². The van der Waals surface area contributed by atoms with E-state index in [0.29, 0.717) is 30.0 Å². The molecular formula is C20H20FN3O4. The Bertz CT molecular complexity index is 910. The number of ether oxygens (including phenoxy) is 2. The van der Waals surface area contributed by atoms with E-state index in [9.17, 15) is 9.18 Å². The van der Waals surface area contributed by atoms with Crippen LogP contribution in [0.5, 0.6) is 11.5 Å². The predicted molar refractivity (Wildman–Crippen MR) is 101 cm³/mol. The zero-order valence-electron chi connectivity index (χ0n) is 15.5. The lowest BCUT2D eigenvalue weighted by atomic mass is 10.1. The quantitative estimate of drug-likeness (QED) is 0.629. The molecule has 0 aliphatic rings. The van der Waals surface area contributed by atoms with Gasteiger partial charge in [-0.05, 0) is 72.2 Å². The second-order valence-corrected chi connectivity index (χ2v) is 5.88. The Balaban J connectivity index is 1.71. The van der Waals surface area contributed by atoms with Gasteiger partial charge in [0.05, 0.1) is 6.61 Å². The van der Waals surface area contributed by atoms with Crippen LogP contribution >= 0.6 is 0 Å². The van der Waals surface area contributed by atoms with Gasteiger partial charge in [0.1, 0.15) is 17.3 Å². The lowest BCUT2D eigenvalue weighted by Gasteiger charge is -2.16. The SMILES string of the molecule is CCOc1ccc(-c2nonc2NC(=O)[C@H](CC)Oc2ccc(F)cc2)cc1. The van der Waals surface area contributed by atoms with Crippen molar-refractivity contribution in [2.45, 2.75) is 26.4 Å². The number of carbonyl (C=O) groups is 1. The third kappa shape index (κ3) is 4.64. The molecule has 0 fully saturated rings. The van der Waals surface area contributed by atoms with Gasteiger partial charge in [-0.3, -0.25) is 4.79 Å². The monoisotopic (exact) mass is 385 g/mol.